The third-order valence-corrected chi connectivity index (χ3v) is 3.54. The first-order valence-corrected chi connectivity index (χ1v) is 7.05. The topological polar surface area (TPSA) is 26.3 Å². The molecule has 1 aliphatic carbocycles. The lowest BCUT2D eigenvalue weighted by atomic mass is 9.87. The summed E-state index contributed by atoms with van der Waals surface area (Å²) in [7, 11) is 0. The average Bonchev–Trinajstić information content (AvgIpc) is 2.36. The summed E-state index contributed by atoms with van der Waals surface area (Å²) in [5.74, 6) is 0.810. The van der Waals surface area contributed by atoms with Gasteiger partial charge in [-0.3, -0.25) is 4.79 Å². The number of esters is 1. The lowest BCUT2D eigenvalue weighted by molar-refractivity contribution is -0.147. The predicted molar refractivity (Wildman–Crippen MR) is 70.7 cm³/mol. The molecule has 0 amide bonds. The van der Waals surface area contributed by atoms with Crippen molar-refractivity contribution in [3.05, 3.63) is 12.2 Å². The molecule has 0 bridgehead atoms. The molecule has 0 N–H and O–H groups in total. The van der Waals surface area contributed by atoms with Gasteiger partial charge in [-0.15, -0.1) is 0 Å². The van der Waals surface area contributed by atoms with Crippen LogP contribution in [0.2, 0.25) is 0 Å². The summed E-state index contributed by atoms with van der Waals surface area (Å²) in [4.78, 5) is 11.4. The summed E-state index contributed by atoms with van der Waals surface area (Å²) in [5.41, 5.74) is 0. The Balaban J connectivity index is 2.13. The molecule has 0 aromatic rings. The van der Waals surface area contributed by atoms with Gasteiger partial charge in [0.05, 0.1) is 12.5 Å². The van der Waals surface area contributed by atoms with Crippen LogP contribution in [0, 0.1) is 11.8 Å². The van der Waals surface area contributed by atoms with E-state index in [2.05, 4.69) is 12.2 Å². The Hall–Kier alpha value is -0.790. The fourth-order valence-corrected chi connectivity index (χ4v) is 2.39. The molecular weight excluding hydrogens is 212 g/mol. The lowest BCUT2D eigenvalue weighted by Gasteiger charge is -2.19. The molecule has 2 nitrogen and oxygen atoms in total. The van der Waals surface area contributed by atoms with Gasteiger partial charge in [0, 0.05) is 0 Å². The van der Waals surface area contributed by atoms with Crippen molar-refractivity contribution in [3.63, 3.8) is 0 Å². The molecule has 1 aliphatic rings. The normalized spacial score (nSPS) is 19.4. The Kier molecular flexibility index (Phi) is 6.99. The molecule has 17 heavy (non-hydrogen) atoms. The predicted octanol–water partition coefficient (Wildman–Crippen LogP) is 4.10. The van der Waals surface area contributed by atoms with Crippen LogP contribution in [0.25, 0.3) is 0 Å². The van der Waals surface area contributed by atoms with E-state index < -0.39 is 0 Å². The van der Waals surface area contributed by atoms with Gasteiger partial charge in [0.25, 0.3) is 0 Å². The van der Waals surface area contributed by atoms with Crippen molar-refractivity contribution in [3.8, 4) is 0 Å². The number of ether oxygens (including phenoxy) is 1. The van der Waals surface area contributed by atoms with Crippen LogP contribution in [0.1, 0.15) is 58.8 Å². The maximum Gasteiger partial charge on any atom is 0.308 e. The van der Waals surface area contributed by atoms with Crippen molar-refractivity contribution in [2.24, 2.45) is 11.8 Å². The van der Waals surface area contributed by atoms with Crippen LogP contribution >= 0.6 is 0 Å². The van der Waals surface area contributed by atoms with Gasteiger partial charge in [-0.05, 0) is 25.7 Å². The number of hydrogen-bond acceptors (Lipinski definition) is 2. The van der Waals surface area contributed by atoms with E-state index in [9.17, 15) is 4.79 Å². The zero-order valence-corrected chi connectivity index (χ0v) is 11.3. The van der Waals surface area contributed by atoms with Gasteiger partial charge in [0.2, 0.25) is 0 Å². The molecule has 1 rings (SSSR count). The van der Waals surface area contributed by atoms with Crippen molar-refractivity contribution >= 4 is 5.97 Å². The minimum atomic E-state index is -0.0742. The zero-order chi connectivity index (χ0) is 12.5. The lowest BCUT2D eigenvalue weighted by Crippen LogP contribution is -2.13. The first-order chi connectivity index (χ1) is 8.24. The zero-order valence-electron chi connectivity index (χ0n) is 11.3. The van der Waals surface area contributed by atoms with Crippen molar-refractivity contribution in [2.75, 3.05) is 6.61 Å². The van der Waals surface area contributed by atoms with E-state index in [4.69, 9.17) is 4.74 Å². The smallest absolute Gasteiger partial charge is 0.308 e. The molecule has 1 unspecified atom stereocenters. The van der Waals surface area contributed by atoms with Gasteiger partial charge >= 0.3 is 5.97 Å². The molecule has 1 fully saturated rings. The quantitative estimate of drug-likeness (QED) is 0.514. The summed E-state index contributed by atoms with van der Waals surface area (Å²) < 4.78 is 4.98. The standard InChI is InChI=1S/C15H26O2/c1-3-17-15(16)13(2)9-7-8-12-14-10-5-4-6-11-14/h7-8,13-14H,3-6,9-12H2,1-2H3/b8-7+. The van der Waals surface area contributed by atoms with Crippen LogP contribution in [-0.4, -0.2) is 12.6 Å². The molecule has 1 atom stereocenters. The van der Waals surface area contributed by atoms with E-state index in [1.54, 1.807) is 0 Å². The summed E-state index contributed by atoms with van der Waals surface area (Å²) >= 11 is 0. The molecule has 2 heteroatoms. The largest absolute Gasteiger partial charge is 0.466 e. The first-order valence-electron chi connectivity index (χ1n) is 7.05. The van der Waals surface area contributed by atoms with Crippen LogP contribution in [0.3, 0.4) is 0 Å². The van der Waals surface area contributed by atoms with Gasteiger partial charge < -0.3 is 4.74 Å². The maximum atomic E-state index is 11.4. The second-order valence-electron chi connectivity index (χ2n) is 5.10. The minimum Gasteiger partial charge on any atom is -0.466 e. The van der Waals surface area contributed by atoms with Crippen LogP contribution < -0.4 is 0 Å². The second-order valence-corrected chi connectivity index (χ2v) is 5.10. The highest BCUT2D eigenvalue weighted by molar-refractivity contribution is 5.72. The number of rotatable bonds is 6. The Bertz CT molecular complexity index is 239. The van der Waals surface area contributed by atoms with Gasteiger partial charge in [0.15, 0.2) is 0 Å². The van der Waals surface area contributed by atoms with E-state index in [1.165, 1.54) is 38.5 Å². The number of hydrogen-bond donors (Lipinski definition) is 0. The van der Waals surface area contributed by atoms with Gasteiger partial charge in [-0.1, -0.05) is 51.2 Å². The van der Waals surface area contributed by atoms with Crippen LogP contribution in [0.15, 0.2) is 12.2 Å². The molecular formula is C15H26O2. The Morgan fingerprint density at radius 3 is 2.65 bits per heavy atom. The third kappa shape index (κ3) is 5.90. The SMILES string of the molecule is CCOC(=O)C(C)C/C=C/CC1CCCCC1. The molecule has 0 aromatic heterocycles. The van der Waals surface area contributed by atoms with Crippen LogP contribution in [0.5, 0.6) is 0 Å². The number of allylic oxidation sites excluding steroid dienone is 2. The van der Waals surface area contributed by atoms with E-state index in [0.717, 1.165) is 12.3 Å². The highest BCUT2D eigenvalue weighted by Crippen LogP contribution is 2.26. The second kappa shape index (κ2) is 8.32. The fourth-order valence-electron chi connectivity index (χ4n) is 2.39. The van der Waals surface area contributed by atoms with E-state index >= 15 is 0 Å². The summed E-state index contributed by atoms with van der Waals surface area (Å²) in [6.45, 7) is 4.27. The van der Waals surface area contributed by atoms with Crippen LogP contribution in [0.4, 0.5) is 0 Å². The monoisotopic (exact) mass is 238 g/mol. The molecule has 98 valence electrons. The fraction of sp³-hybridized carbons (Fsp3) is 0.800. The van der Waals surface area contributed by atoms with E-state index in [1.807, 2.05) is 13.8 Å². The molecule has 0 radical (unpaired) electrons. The Morgan fingerprint density at radius 2 is 2.00 bits per heavy atom. The number of carbonyl (C=O) groups is 1. The highest BCUT2D eigenvalue weighted by Gasteiger charge is 2.13. The van der Waals surface area contributed by atoms with Crippen LogP contribution in [-0.2, 0) is 9.53 Å². The Morgan fingerprint density at radius 1 is 1.29 bits per heavy atom. The van der Waals surface area contributed by atoms with Gasteiger partial charge in [-0.25, -0.2) is 0 Å². The summed E-state index contributed by atoms with van der Waals surface area (Å²) in [5, 5.41) is 0. The molecule has 0 aromatic carbocycles. The van der Waals surface area contributed by atoms with E-state index in [-0.39, 0.29) is 11.9 Å². The summed E-state index contributed by atoms with van der Waals surface area (Å²) in [6, 6.07) is 0. The third-order valence-electron chi connectivity index (χ3n) is 3.54. The highest BCUT2D eigenvalue weighted by atomic mass is 16.5. The van der Waals surface area contributed by atoms with Crippen molar-refractivity contribution < 1.29 is 9.53 Å². The maximum absolute atomic E-state index is 11.4. The molecule has 0 saturated heterocycles. The number of carbonyl (C=O) groups excluding carboxylic acids is 1. The summed E-state index contributed by atoms with van der Waals surface area (Å²) in [6.07, 6.45) is 13.4. The molecule has 0 spiro atoms. The molecule has 0 aliphatic heterocycles. The van der Waals surface area contributed by atoms with Crippen molar-refractivity contribution in [1.29, 1.82) is 0 Å². The van der Waals surface area contributed by atoms with Crippen molar-refractivity contribution in [2.45, 2.75) is 58.8 Å². The minimum absolute atomic E-state index is 0.00226. The van der Waals surface area contributed by atoms with Crippen molar-refractivity contribution in [1.82, 2.24) is 0 Å². The van der Waals surface area contributed by atoms with Gasteiger partial charge in [0.1, 0.15) is 0 Å². The first kappa shape index (κ1) is 14.3. The van der Waals surface area contributed by atoms with E-state index in [0.29, 0.717) is 6.61 Å². The average molecular weight is 238 g/mol. The Labute approximate surface area is 105 Å². The molecule has 0 heterocycles. The molecule has 1 saturated carbocycles. The van der Waals surface area contributed by atoms with Gasteiger partial charge in [-0.2, -0.15) is 0 Å².